The quantitative estimate of drug-likeness (QED) is 0.916. The first-order valence-corrected chi connectivity index (χ1v) is 7.76. The molecule has 0 amide bonds. The number of rotatable bonds is 5. The average molecular weight is 284 g/mol. The molecule has 2 aromatic rings. The number of hydrogen-bond acceptors (Lipinski definition) is 3. The maximum Gasteiger partial charge on any atom is 0.0540 e. The van der Waals surface area contributed by atoms with Gasteiger partial charge in [-0.05, 0) is 31.4 Å². The highest BCUT2D eigenvalue weighted by Gasteiger charge is 2.22. The lowest BCUT2D eigenvalue weighted by Gasteiger charge is -2.26. The van der Waals surface area contributed by atoms with Gasteiger partial charge in [-0.25, -0.2) is 0 Å². The molecule has 0 unspecified atom stereocenters. The number of nitrogens with zero attached hydrogens (tertiary/aromatic N) is 3. The lowest BCUT2D eigenvalue weighted by atomic mass is 9.93. The molecule has 0 radical (unpaired) electrons. The molecule has 1 aliphatic rings. The van der Waals surface area contributed by atoms with Crippen molar-refractivity contribution in [3.63, 3.8) is 0 Å². The molecule has 0 aliphatic heterocycles. The second kappa shape index (κ2) is 6.31. The molecular formula is C17H24N4. The highest BCUT2D eigenvalue weighted by Crippen LogP contribution is 2.28. The van der Waals surface area contributed by atoms with Crippen molar-refractivity contribution in [1.29, 1.82) is 0 Å². The molecule has 21 heavy (non-hydrogen) atoms. The molecule has 0 fully saturated rings. The van der Waals surface area contributed by atoms with Crippen molar-refractivity contribution < 1.29 is 0 Å². The zero-order chi connectivity index (χ0) is 14.7. The van der Waals surface area contributed by atoms with E-state index in [1.807, 2.05) is 17.9 Å². The summed E-state index contributed by atoms with van der Waals surface area (Å²) < 4.78 is 2.03. The minimum absolute atomic E-state index is 0.464. The molecule has 1 heterocycles. The van der Waals surface area contributed by atoms with Crippen LogP contribution in [0.4, 0.5) is 5.69 Å². The van der Waals surface area contributed by atoms with Gasteiger partial charge in [-0.3, -0.25) is 4.68 Å². The predicted molar refractivity (Wildman–Crippen MR) is 86.6 cm³/mol. The average Bonchev–Trinajstić information content (AvgIpc) is 2.91. The topological polar surface area (TPSA) is 33.1 Å². The smallest absolute Gasteiger partial charge is 0.0540 e. The molecule has 4 heteroatoms. The third-order valence-corrected chi connectivity index (χ3v) is 4.41. The summed E-state index contributed by atoms with van der Waals surface area (Å²) >= 11 is 0. The number of para-hydroxylation sites is 1. The predicted octanol–water partition coefficient (Wildman–Crippen LogP) is 2.52. The van der Waals surface area contributed by atoms with Crippen LogP contribution < -0.4 is 10.2 Å². The largest absolute Gasteiger partial charge is 0.373 e. The number of likely N-dealkylation sites (N-methyl/N-ethyl adjacent to an activating group) is 1. The Hall–Kier alpha value is -1.81. The summed E-state index contributed by atoms with van der Waals surface area (Å²) in [6.45, 7) is 2.00. The van der Waals surface area contributed by atoms with Crippen molar-refractivity contribution in [2.75, 3.05) is 25.0 Å². The summed E-state index contributed by atoms with van der Waals surface area (Å²) in [6, 6.07) is 11.0. The number of nitrogens with one attached hydrogen (secondary N) is 1. The van der Waals surface area contributed by atoms with Gasteiger partial charge in [0.2, 0.25) is 0 Å². The number of anilines is 1. The van der Waals surface area contributed by atoms with Gasteiger partial charge >= 0.3 is 0 Å². The Labute approximate surface area is 126 Å². The third kappa shape index (κ3) is 3.10. The molecule has 4 nitrogen and oxygen atoms in total. The maximum absolute atomic E-state index is 4.41. The number of fused-ring (bicyclic) bond motifs is 1. The molecule has 1 N–H and O–H groups in total. The summed E-state index contributed by atoms with van der Waals surface area (Å²) in [5.74, 6) is 0. The Morgan fingerprint density at radius 1 is 1.33 bits per heavy atom. The van der Waals surface area contributed by atoms with Crippen LogP contribution in [0.3, 0.4) is 0 Å². The van der Waals surface area contributed by atoms with E-state index in [1.54, 1.807) is 0 Å². The number of benzene rings is 1. The highest BCUT2D eigenvalue weighted by molar-refractivity contribution is 5.44. The summed E-state index contributed by atoms with van der Waals surface area (Å²) in [5.41, 5.74) is 4.06. The highest BCUT2D eigenvalue weighted by atomic mass is 15.3. The molecule has 0 bridgehead atoms. The Balaban J connectivity index is 1.55. The van der Waals surface area contributed by atoms with E-state index in [4.69, 9.17) is 0 Å². The van der Waals surface area contributed by atoms with Crippen LogP contribution in [0.25, 0.3) is 0 Å². The number of hydrogen-bond donors (Lipinski definition) is 1. The van der Waals surface area contributed by atoms with E-state index in [9.17, 15) is 0 Å². The first kappa shape index (κ1) is 14.1. The first-order valence-electron chi connectivity index (χ1n) is 7.76. The Bertz CT molecular complexity index is 576. The minimum atomic E-state index is 0.464. The van der Waals surface area contributed by atoms with Crippen molar-refractivity contribution in [2.24, 2.45) is 7.05 Å². The van der Waals surface area contributed by atoms with E-state index in [0.717, 1.165) is 19.5 Å². The Morgan fingerprint density at radius 3 is 2.95 bits per heavy atom. The van der Waals surface area contributed by atoms with E-state index in [-0.39, 0.29) is 0 Å². The molecule has 0 spiro atoms. The summed E-state index contributed by atoms with van der Waals surface area (Å²) in [6.07, 6.45) is 5.66. The van der Waals surface area contributed by atoms with Gasteiger partial charge in [0.1, 0.15) is 0 Å². The zero-order valence-electron chi connectivity index (χ0n) is 12.9. The van der Waals surface area contributed by atoms with E-state index in [0.29, 0.717) is 6.04 Å². The third-order valence-electron chi connectivity index (χ3n) is 4.41. The van der Waals surface area contributed by atoms with Crippen LogP contribution in [0.2, 0.25) is 0 Å². The van der Waals surface area contributed by atoms with E-state index in [1.165, 1.54) is 29.8 Å². The van der Waals surface area contributed by atoms with Crippen LogP contribution in [0, 0.1) is 0 Å². The van der Waals surface area contributed by atoms with Crippen molar-refractivity contribution >= 4 is 5.69 Å². The fraction of sp³-hybridized carbons (Fsp3) is 0.471. The fourth-order valence-corrected chi connectivity index (χ4v) is 3.14. The van der Waals surface area contributed by atoms with Gasteiger partial charge in [-0.1, -0.05) is 18.2 Å². The van der Waals surface area contributed by atoms with Crippen molar-refractivity contribution in [1.82, 2.24) is 15.1 Å². The Morgan fingerprint density at radius 2 is 2.14 bits per heavy atom. The summed E-state index contributed by atoms with van der Waals surface area (Å²) in [4.78, 5) is 2.29. The van der Waals surface area contributed by atoms with Crippen molar-refractivity contribution in [2.45, 2.75) is 25.3 Å². The summed E-state index contributed by atoms with van der Waals surface area (Å²) in [5, 5.41) is 8.10. The first-order chi connectivity index (χ1) is 10.3. The monoisotopic (exact) mass is 284 g/mol. The molecule has 1 aliphatic carbocycles. The standard InChI is InChI=1S/C17H24N4/c1-20(14-7-4-3-5-8-14)12-11-18-16-9-6-10-17-15(16)13-19-21(17)2/h3-5,7-8,13,16,18H,6,9-12H2,1-2H3/t16-/m1/s1. The molecule has 0 saturated heterocycles. The number of aryl methyl sites for hydroxylation is 1. The van der Waals surface area contributed by atoms with Crippen LogP contribution in [-0.4, -0.2) is 29.9 Å². The van der Waals surface area contributed by atoms with Crippen molar-refractivity contribution in [3.8, 4) is 0 Å². The van der Waals surface area contributed by atoms with Crippen LogP contribution >= 0.6 is 0 Å². The van der Waals surface area contributed by atoms with Crippen LogP contribution in [-0.2, 0) is 13.5 Å². The fourth-order valence-electron chi connectivity index (χ4n) is 3.14. The molecule has 0 saturated carbocycles. The molecule has 1 atom stereocenters. The van der Waals surface area contributed by atoms with Gasteiger partial charge in [-0.15, -0.1) is 0 Å². The normalized spacial score (nSPS) is 17.5. The van der Waals surface area contributed by atoms with E-state index in [2.05, 4.69) is 52.7 Å². The van der Waals surface area contributed by atoms with Gasteiger partial charge in [0, 0.05) is 50.2 Å². The summed E-state index contributed by atoms with van der Waals surface area (Å²) in [7, 11) is 4.19. The SMILES string of the molecule is CN(CCN[C@@H]1CCCc2c1cnn2C)c1ccccc1. The zero-order valence-corrected chi connectivity index (χ0v) is 12.9. The lowest BCUT2D eigenvalue weighted by molar-refractivity contribution is 0.456. The molecular weight excluding hydrogens is 260 g/mol. The van der Waals surface area contributed by atoms with Crippen LogP contribution in [0.5, 0.6) is 0 Å². The van der Waals surface area contributed by atoms with Gasteiger partial charge in [0.25, 0.3) is 0 Å². The second-order valence-corrected chi connectivity index (χ2v) is 5.83. The van der Waals surface area contributed by atoms with Crippen molar-refractivity contribution in [3.05, 3.63) is 47.8 Å². The molecule has 1 aromatic heterocycles. The number of aromatic nitrogens is 2. The molecule has 112 valence electrons. The lowest BCUT2D eigenvalue weighted by Crippen LogP contribution is -2.33. The molecule has 3 rings (SSSR count). The second-order valence-electron chi connectivity index (χ2n) is 5.83. The van der Waals surface area contributed by atoms with Crippen LogP contribution in [0.15, 0.2) is 36.5 Å². The molecule has 1 aromatic carbocycles. The van der Waals surface area contributed by atoms with Gasteiger partial charge < -0.3 is 10.2 Å². The Kier molecular flexibility index (Phi) is 4.25. The van der Waals surface area contributed by atoms with Gasteiger partial charge in [0.05, 0.1) is 6.20 Å². The van der Waals surface area contributed by atoms with Crippen LogP contribution in [0.1, 0.15) is 30.1 Å². The van der Waals surface area contributed by atoms with Gasteiger partial charge in [0.15, 0.2) is 0 Å². The van der Waals surface area contributed by atoms with E-state index >= 15 is 0 Å². The van der Waals surface area contributed by atoms with E-state index < -0.39 is 0 Å². The van der Waals surface area contributed by atoms with Gasteiger partial charge in [-0.2, -0.15) is 5.10 Å². The minimum Gasteiger partial charge on any atom is -0.373 e. The maximum atomic E-state index is 4.41.